The Morgan fingerprint density at radius 1 is 1.35 bits per heavy atom. The number of hydrogen-bond donors (Lipinski definition) is 1. The summed E-state index contributed by atoms with van der Waals surface area (Å²) in [5.41, 5.74) is 8.56. The predicted molar refractivity (Wildman–Crippen MR) is 80.7 cm³/mol. The summed E-state index contributed by atoms with van der Waals surface area (Å²) in [6.45, 7) is 0.676. The Hall–Kier alpha value is -1.98. The van der Waals surface area contributed by atoms with E-state index in [9.17, 15) is 4.79 Å². The van der Waals surface area contributed by atoms with Gasteiger partial charge >= 0.3 is 0 Å². The van der Waals surface area contributed by atoms with Gasteiger partial charge in [0.1, 0.15) is 0 Å². The van der Waals surface area contributed by atoms with Crippen LogP contribution in [0.15, 0.2) is 41.5 Å². The second-order valence-electron chi connectivity index (χ2n) is 5.10. The minimum atomic E-state index is -0.120. The minimum Gasteiger partial charge on any atom is -0.345 e. The van der Waals surface area contributed by atoms with Crippen LogP contribution in [0.2, 0.25) is 0 Å². The van der Waals surface area contributed by atoms with E-state index in [4.69, 9.17) is 5.73 Å². The zero-order chi connectivity index (χ0) is 14.7. The Balaban J connectivity index is 2.20. The number of carbonyl (C=O) groups excluding carboxylic acids is 1. The molecule has 0 radical (unpaired) electrons. The van der Waals surface area contributed by atoms with Gasteiger partial charge in [-0.05, 0) is 30.8 Å². The number of nitrogens with two attached hydrogens (primary N) is 1. The highest BCUT2D eigenvalue weighted by atomic mass is 16.2. The van der Waals surface area contributed by atoms with Crippen LogP contribution in [0.1, 0.15) is 15.9 Å². The molecule has 1 aromatic carbocycles. The van der Waals surface area contributed by atoms with E-state index in [0.29, 0.717) is 12.1 Å². The molecule has 5 nitrogen and oxygen atoms in total. The number of benzene rings is 1. The zero-order valence-electron chi connectivity index (χ0n) is 12.1. The molecule has 0 aliphatic carbocycles. The quantitative estimate of drug-likeness (QED) is 0.871. The summed E-state index contributed by atoms with van der Waals surface area (Å²) in [6, 6.07) is 7.51. The van der Waals surface area contributed by atoms with E-state index in [0.717, 1.165) is 11.3 Å². The Labute approximate surface area is 119 Å². The van der Waals surface area contributed by atoms with Crippen molar-refractivity contribution in [1.82, 2.24) is 9.80 Å². The van der Waals surface area contributed by atoms with Crippen molar-refractivity contribution >= 4 is 11.6 Å². The maximum atomic E-state index is 11.8. The van der Waals surface area contributed by atoms with Crippen molar-refractivity contribution in [2.75, 3.05) is 27.7 Å². The molecule has 5 heteroatoms. The smallest absolute Gasteiger partial charge is 0.253 e. The topological polar surface area (TPSA) is 61.9 Å². The molecule has 2 rings (SSSR count). The van der Waals surface area contributed by atoms with Crippen molar-refractivity contribution in [3.63, 3.8) is 0 Å². The standard InChI is InChI=1S/C15H20N4O/c1-18(2)15(20)12-6-4-11(5-7-12)13-10-19(3)14(16)8-9-17-13/h4-9,14H,10,16H2,1-3H3. The van der Waals surface area contributed by atoms with Crippen molar-refractivity contribution in [3.8, 4) is 0 Å². The van der Waals surface area contributed by atoms with E-state index in [2.05, 4.69) is 4.99 Å². The van der Waals surface area contributed by atoms with Gasteiger partial charge in [0, 0.05) is 32.4 Å². The third kappa shape index (κ3) is 3.12. The molecule has 0 saturated carbocycles. The first-order valence-electron chi connectivity index (χ1n) is 6.50. The first kappa shape index (κ1) is 14.4. The summed E-state index contributed by atoms with van der Waals surface area (Å²) >= 11 is 0. The molecule has 1 aromatic rings. The van der Waals surface area contributed by atoms with Gasteiger partial charge in [-0.2, -0.15) is 0 Å². The molecule has 1 amide bonds. The van der Waals surface area contributed by atoms with Crippen molar-refractivity contribution in [1.29, 1.82) is 0 Å². The molecule has 1 aliphatic rings. The van der Waals surface area contributed by atoms with Gasteiger partial charge in [0.2, 0.25) is 0 Å². The number of amides is 1. The summed E-state index contributed by atoms with van der Waals surface area (Å²) in [4.78, 5) is 19.8. The van der Waals surface area contributed by atoms with Crippen molar-refractivity contribution in [3.05, 3.63) is 47.7 Å². The summed E-state index contributed by atoms with van der Waals surface area (Å²) in [7, 11) is 5.44. The van der Waals surface area contributed by atoms with Crippen molar-refractivity contribution < 1.29 is 4.79 Å². The zero-order valence-corrected chi connectivity index (χ0v) is 12.1. The van der Waals surface area contributed by atoms with Gasteiger partial charge in [-0.1, -0.05) is 12.1 Å². The summed E-state index contributed by atoms with van der Waals surface area (Å²) in [5, 5.41) is 0. The Morgan fingerprint density at radius 3 is 2.60 bits per heavy atom. The van der Waals surface area contributed by atoms with E-state index in [1.165, 1.54) is 0 Å². The molecule has 1 atom stereocenters. The summed E-state index contributed by atoms with van der Waals surface area (Å²) in [6.07, 6.45) is 3.48. The predicted octanol–water partition coefficient (Wildman–Crippen LogP) is 0.921. The molecule has 20 heavy (non-hydrogen) atoms. The number of rotatable bonds is 2. The van der Waals surface area contributed by atoms with Crippen LogP contribution >= 0.6 is 0 Å². The van der Waals surface area contributed by atoms with Gasteiger partial charge in [0.05, 0.1) is 11.9 Å². The average Bonchev–Trinajstić information content (AvgIpc) is 2.60. The Kier molecular flexibility index (Phi) is 4.32. The molecule has 0 saturated heterocycles. The van der Waals surface area contributed by atoms with Crippen LogP contribution < -0.4 is 5.73 Å². The van der Waals surface area contributed by atoms with E-state index in [1.54, 1.807) is 25.2 Å². The highest BCUT2D eigenvalue weighted by molar-refractivity contribution is 6.03. The number of hydrogen-bond acceptors (Lipinski definition) is 4. The van der Waals surface area contributed by atoms with Crippen molar-refractivity contribution in [2.24, 2.45) is 10.7 Å². The number of likely N-dealkylation sites (N-methyl/N-ethyl adjacent to an activating group) is 1. The first-order chi connectivity index (χ1) is 9.49. The van der Waals surface area contributed by atoms with Crippen LogP contribution in [0, 0.1) is 0 Å². The van der Waals surface area contributed by atoms with Crippen LogP contribution in [0.25, 0.3) is 0 Å². The third-order valence-corrected chi connectivity index (χ3v) is 3.29. The molecule has 2 N–H and O–H groups in total. The summed E-state index contributed by atoms with van der Waals surface area (Å²) in [5.74, 6) is -0.00149. The molecule has 0 fully saturated rings. The normalized spacial score (nSPS) is 19.4. The second kappa shape index (κ2) is 5.98. The second-order valence-corrected chi connectivity index (χ2v) is 5.10. The molecule has 1 heterocycles. The molecule has 1 aliphatic heterocycles. The fourth-order valence-electron chi connectivity index (χ4n) is 1.98. The summed E-state index contributed by atoms with van der Waals surface area (Å²) < 4.78 is 0. The fraction of sp³-hybridized carbons (Fsp3) is 0.333. The molecule has 1 unspecified atom stereocenters. The van der Waals surface area contributed by atoms with Gasteiger partial charge in [-0.3, -0.25) is 14.7 Å². The number of carbonyl (C=O) groups is 1. The number of aliphatic imine (C=N–C) groups is 1. The molecule has 0 spiro atoms. The lowest BCUT2D eigenvalue weighted by Gasteiger charge is -2.20. The highest BCUT2D eigenvalue weighted by Gasteiger charge is 2.14. The van der Waals surface area contributed by atoms with Gasteiger partial charge in [0.25, 0.3) is 5.91 Å². The SMILES string of the molecule is CN(C)C(=O)c1ccc(C2=NC=CC(N)N(C)C2)cc1. The monoisotopic (exact) mass is 272 g/mol. The van der Waals surface area contributed by atoms with Crippen LogP contribution in [-0.2, 0) is 0 Å². The lowest BCUT2D eigenvalue weighted by atomic mass is 10.1. The Bertz CT molecular complexity index is 545. The van der Waals surface area contributed by atoms with Crippen molar-refractivity contribution in [2.45, 2.75) is 6.17 Å². The van der Waals surface area contributed by atoms with Crippen LogP contribution in [0.4, 0.5) is 0 Å². The van der Waals surface area contributed by atoms with E-state index in [-0.39, 0.29) is 12.1 Å². The maximum Gasteiger partial charge on any atom is 0.253 e. The fourth-order valence-corrected chi connectivity index (χ4v) is 1.98. The molecular weight excluding hydrogens is 252 g/mol. The van der Waals surface area contributed by atoms with Gasteiger partial charge in [-0.15, -0.1) is 0 Å². The lowest BCUT2D eigenvalue weighted by molar-refractivity contribution is 0.0827. The molecule has 0 aromatic heterocycles. The van der Waals surface area contributed by atoms with Crippen LogP contribution in [0.5, 0.6) is 0 Å². The van der Waals surface area contributed by atoms with Gasteiger partial charge < -0.3 is 10.6 Å². The molecule has 106 valence electrons. The molecular formula is C15H20N4O. The maximum absolute atomic E-state index is 11.8. The lowest BCUT2D eigenvalue weighted by Crippen LogP contribution is -2.39. The average molecular weight is 272 g/mol. The van der Waals surface area contributed by atoms with Crippen LogP contribution in [-0.4, -0.2) is 55.3 Å². The third-order valence-electron chi connectivity index (χ3n) is 3.29. The number of nitrogens with zero attached hydrogens (tertiary/aromatic N) is 3. The minimum absolute atomic E-state index is 0.00149. The van der Waals surface area contributed by atoms with Crippen LogP contribution in [0.3, 0.4) is 0 Å². The highest BCUT2D eigenvalue weighted by Crippen LogP contribution is 2.11. The van der Waals surface area contributed by atoms with E-state index >= 15 is 0 Å². The van der Waals surface area contributed by atoms with Gasteiger partial charge in [-0.25, -0.2) is 0 Å². The molecule has 0 bridgehead atoms. The van der Waals surface area contributed by atoms with Gasteiger partial charge in [0.15, 0.2) is 0 Å². The first-order valence-corrected chi connectivity index (χ1v) is 6.50. The van der Waals surface area contributed by atoms with E-state index in [1.807, 2.05) is 42.3 Å². The largest absolute Gasteiger partial charge is 0.345 e. The van der Waals surface area contributed by atoms with E-state index < -0.39 is 0 Å². The Morgan fingerprint density at radius 2 is 2.00 bits per heavy atom.